The Morgan fingerprint density at radius 2 is 1.43 bits per heavy atom. The van der Waals surface area contributed by atoms with E-state index >= 15 is 0 Å². The summed E-state index contributed by atoms with van der Waals surface area (Å²) in [7, 11) is 0. The molecule has 0 radical (unpaired) electrons. The van der Waals surface area contributed by atoms with Crippen LogP contribution in [0.25, 0.3) is 0 Å². The largest absolute Gasteiger partial charge is 0.339 e. The minimum atomic E-state index is -0.621. The summed E-state index contributed by atoms with van der Waals surface area (Å²) in [4.78, 5) is 38.1. The lowest BCUT2D eigenvalue weighted by Crippen LogP contribution is -2.50. The number of hydrogen-bond acceptors (Lipinski definition) is 4. The number of carbonyl (C=O) groups excluding carboxylic acids is 3. The number of rotatable bonds is 2. The topological polar surface area (TPSA) is 90.0 Å². The maximum absolute atomic E-state index is 12.3. The highest BCUT2D eigenvalue weighted by molar-refractivity contribution is 5.97. The second-order valence-electron chi connectivity index (χ2n) is 4.82. The van der Waals surface area contributed by atoms with Crippen LogP contribution in [0.15, 0.2) is 24.3 Å². The average molecular weight is 291 g/mol. The van der Waals surface area contributed by atoms with Gasteiger partial charge in [0.05, 0.1) is 0 Å². The smallest absolute Gasteiger partial charge is 0.274 e. The first kappa shape index (κ1) is 15.0. The maximum Gasteiger partial charge on any atom is 0.274 e. The van der Waals surface area contributed by atoms with Gasteiger partial charge in [-0.3, -0.25) is 19.6 Å². The summed E-state index contributed by atoms with van der Waals surface area (Å²) < 4.78 is 0. The summed E-state index contributed by atoms with van der Waals surface area (Å²) in [6.07, 6.45) is 0. The van der Waals surface area contributed by atoms with Crippen molar-refractivity contribution in [3.05, 3.63) is 35.4 Å². The lowest BCUT2D eigenvalue weighted by molar-refractivity contribution is -0.130. The summed E-state index contributed by atoms with van der Waals surface area (Å²) >= 11 is 0. The number of amides is 3. The predicted octanol–water partition coefficient (Wildman–Crippen LogP) is 0.110. The van der Waals surface area contributed by atoms with Crippen LogP contribution in [0.3, 0.4) is 0 Å². The number of piperazine rings is 1. The van der Waals surface area contributed by atoms with E-state index in [1.165, 1.54) is 24.5 Å². The fourth-order valence-electron chi connectivity index (χ4n) is 2.24. The first-order valence-electron chi connectivity index (χ1n) is 6.62. The number of carbonyl (C=O) groups is 3. The Morgan fingerprint density at radius 1 is 0.952 bits per heavy atom. The molecule has 1 aromatic carbocycles. The molecule has 2 rings (SSSR count). The second-order valence-corrected chi connectivity index (χ2v) is 4.82. The number of nitrogens with one attached hydrogen (secondary N) is 1. The standard InChI is InChI=1S/C14H17N3O4/c1-10(18)16-6-8-17(9-7-16)14(20)12-4-2-11(3-5-12)13(19)15-21/h2-5,21H,6-9H2,1H3,(H,15,19). The molecule has 0 aliphatic carbocycles. The van der Waals surface area contributed by atoms with E-state index in [0.717, 1.165) is 0 Å². The summed E-state index contributed by atoms with van der Waals surface area (Å²) in [6, 6.07) is 6.05. The summed E-state index contributed by atoms with van der Waals surface area (Å²) in [6.45, 7) is 3.58. The molecule has 3 amide bonds. The lowest BCUT2D eigenvalue weighted by Gasteiger charge is -2.34. The van der Waals surface area contributed by atoms with E-state index in [2.05, 4.69) is 0 Å². The minimum absolute atomic E-state index is 0.0152. The van der Waals surface area contributed by atoms with Gasteiger partial charge in [-0.25, -0.2) is 5.48 Å². The molecule has 112 valence electrons. The summed E-state index contributed by atoms with van der Waals surface area (Å²) in [5.74, 6) is -0.736. The van der Waals surface area contributed by atoms with E-state index in [9.17, 15) is 14.4 Å². The van der Waals surface area contributed by atoms with Crippen LogP contribution in [0.5, 0.6) is 0 Å². The highest BCUT2D eigenvalue weighted by atomic mass is 16.5. The molecule has 0 atom stereocenters. The molecule has 1 aliphatic heterocycles. The highest BCUT2D eigenvalue weighted by Gasteiger charge is 2.23. The molecule has 1 saturated heterocycles. The molecule has 1 aliphatic rings. The van der Waals surface area contributed by atoms with E-state index in [-0.39, 0.29) is 17.4 Å². The molecule has 0 saturated carbocycles. The molecular weight excluding hydrogens is 274 g/mol. The van der Waals surface area contributed by atoms with Crippen molar-refractivity contribution in [2.75, 3.05) is 26.2 Å². The molecule has 1 heterocycles. The Morgan fingerprint density at radius 3 is 1.90 bits per heavy atom. The number of benzene rings is 1. The number of hydrogen-bond donors (Lipinski definition) is 2. The van der Waals surface area contributed by atoms with Crippen molar-refractivity contribution in [3.63, 3.8) is 0 Å². The zero-order valence-corrected chi connectivity index (χ0v) is 11.7. The predicted molar refractivity (Wildman–Crippen MR) is 73.9 cm³/mol. The average Bonchev–Trinajstić information content (AvgIpc) is 2.53. The highest BCUT2D eigenvalue weighted by Crippen LogP contribution is 2.10. The van der Waals surface area contributed by atoms with Gasteiger partial charge < -0.3 is 9.80 Å². The van der Waals surface area contributed by atoms with Gasteiger partial charge in [0.2, 0.25) is 5.91 Å². The van der Waals surface area contributed by atoms with Gasteiger partial charge in [0, 0.05) is 44.2 Å². The monoisotopic (exact) mass is 291 g/mol. The quantitative estimate of drug-likeness (QED) is 0.598. The van der Waals surface area contributed by atoms with E-state index in [0.29, 0.717) is 31.7 Å². The maximum atomic E-state index is 12.3. The van der Waals surface area contributed by atoms with E-state index in [4.69, 9.17) is 5.21 Å². The summed E-state index contributed by atoms with van der Waals surface area (Å²) in [5, 5.41) is 8.53. The molecule has 0 spiro atoms. The van der Waals surface area contributed by atoms with Crippen LogP contribution in [0.2, 0.25) is 0 Å². The van der Waals surface area contributed by atoms with Crippen LogP contribution in [0.4, 0.5) is 0 Å². The Kier molecular flexibility index (Phi) is 4.54. The van der Waals surface area contributed by atoms with E-state index in [1.807, 2.05) is 0 Å². The SMILES string of the molecule is CC(=O)N1CCN(C(=O)c2ccc(C(=O)NO)cc2)CC1. The first-order chi connectivity index (χ1) is 10.0. The van der Waals surface area contributed by atoms with Gasteiger partial charge >= 0.3 is 0 Å². The van der Waals surface area contributed by atoms with Gasteiger partial charge in [-0.15, -0.1) is 0 Å². The molecule has 1 fully saturated rings. The fraction of sp³-hybridized carbons (Fsp3) is 0.357. The van der Waals surface area contributed by atoms with Crippen molar-refractivity contribution in [1.29, 1.82) is 0 Å². The van der Waals surface area contributed by atoms with Crippen LogP contribution in [-0.4, -0.2) is 58.9 Å². The van der Waals surface area contributed by atoms with Gasteiger partial charge in [0.15, 0.2) is 0 Å². The van der Waals surface area contributed by atoms with Gasteiger partial charge in [0.25, 0.3) is 11.8 Å². The number of hydroxylamine groups is 1. The molecule has 7 heteroatoms. The van der Waals surface area contributed by atoms with Crippen molar-refractivity contribution in [2.24, 2.45) is 0 Å². The van der Waals surface area contributed by atoms with Crippen molar-refractivity contribution >= 4 is 17.7 Å². The normalized spacial score (nSPS) is 14.8. The second kappa shape index (κ2) is 6.36. The van der Waals surface area contributed by atoms with Gasteiger partial charge in [-0.05, 0) is 24.3 Å². The zero-order valence-electron chi connectivity index (χ0n) is 11.7. The van der Waals surface area contributed by atoms with Gasteiger partial charge in [-0.1, -0.05) is 0 Å². The van der Waals surface area contributed by atoms with Crippen LogP contribution < -0.4 is 5.48 Å². The molecule has 2 N–H and O–H groups in total. The molecule has 0 unspecified atom stereocenters. The Labute approximate surface area is 122 Å². The zero-order chi connectivity index (χ0) is 15.4. The van der Waals surface area contributed by atoms with E-state index in [1.54, 1.807) is 21.9 Å². The molecule has 0 bridgehead atoms. The van der Waals surface area contributed by atoms with Crippen LogP contribution in [-0.2, 0) is 4.79 Å². The summed E-state index contributed by atoms with van der Waals surface area (Å²) in [5.41, 5.74) is 2.28. The molecule has 7 nitrogen and oxygen atoms in total. The Hall–Kier alpha value is -2.41. The van der Waals surface area contributed by atoms with Crippen molar-refractivity contribution in [2.45, 2.75) is 6.92 Å². The molecular formula is C14H17N3O4. The van der Waals surface area contributed by atoms with Crippen molar-refractivity contribution in [3.8, 4) is 0 Å². The molecule has 1 aromatic rings. The Balaban J connectivity index is 2.01. The minimum Gasteiger partial charge on any atom is -0.339 e. The molecule has 0 aromatic heterocycles. The fourth-order valence-corrected chi connectivity index (χ4v) is 2.24. The lowest BCUT2D eigenvalue weighted by atomic mass is 10.1. The van der Waals surface area contributed by atoms with Crippen LogP contribution in [0, 0.1) is 0 Å². The van der Waals surface area contributed by atoms with Gasteiger partial charge in [0.1, 0.15) is 0 Å². The third kappa shape index (κ3) is 3.38. The third-order valence-electron chi connectivity index (χ3n) is 3.51. The number of nitrogens with zero attached hydrogens (tertiary/aromatic N) is 2. The molecule has 21 heavy (non-hydrogen) atoms. The van der Waals surface area contributed by atoms with Crippen LogP contribution in [0.1, 0.15) is 27.6 Å². The van der Waals surface area contributed by atoms with Crippen LogP contribution >= 0.6 is 0 Å². The van der Waals surface area contributed by atoms with Gasteiger partial charge in [-0.2, -0.15) is 0 Å². The van der Waals surface area contributed by atoms with Crippen molar-refractivity contribution < 1.29 is 19.6 Å². The third-order valence-corrected chi connectivity index (χ3v) is 3.51. The van der Waals surface area contributed by atoms with Crippen molar-refractivity contribution in [1.82, 2.24) is 15.3 Å². The van der Waals surface area contributed by atoms with E-state index < -0.39 is 5.91 Å². The Bertz CT molecular complexity index is 548. The first-order valence-corrected chi connectivity index (χ1v) is 6.62.